The van der Waals surface area contributed by atoms with Gasteiger partial charge >= 0.3 is 0 Å². The summed E-state index contributed by atoms with van der Waals surface area (Å²) in [5, 5.41) is 3.72. The summed E-state index contributed by atoms with van der Waals surface area (Å²) in [5.41, 5.74) is 6.98. The number of piperazine rings is 1. The molecule has 0 aliphatic carbocycles. The third-order valence-corrected chi connectivity index (χ3v) is 6.02. The van der Waals surface area contributed by atoms with Crippen molar-refractivity contribution in [2.75, 3.05) is 48.7 Å². The van der Waals surface area contributed by atoms with Crippen LogP contribution in [0.2, 0.25) is 5.02 Å². The first kappa shape index (κ1) is 20.5. The zero-order valence-corrected chi connectivity index (χ0v) is 17.1. The lowest BCUT2D eigenvalue weighted by Gasteiger charge is -2.33. The Hall–Kier alpha value is -2.22. The lowest BCUT2D eigenvalue weighted by molar-refractivity contribution is -0.892. The average Bonchev–Trinajstić information content (AvgIpc) is 2.68. The van der Waals surface area contributed by atoms with Crippen LogP contribution in [0.4, 0.5) is 11.4 Å². The summed E-state index contributed by atoms with van der Waals surface area (Å²) in [6, 6.07) is 15.3. The highest BCUT2D eigenvalue weighted by molar-refractivity contribution is 8.00. The minimum absolute atomic E-state index is 0.0340. The van der Waals surface area contributed by atoms with E-state index in [2.05, 4.69) is 10.2 Å². The van der Waals surface area contributed by atoms with Crippen molar-refractivity contribution in [2.45, 2.75) is 4.90 Å². The number of carbonyl (C=O) groups excluding carboxylic acids is 2. The Bertz CT molecular complexity index is 840. The molecule has 1 saturated heterocycles. The maximum atomic E-state index is 12.5. The first-order chi connectivity index (χ1) is 13.5. The molecule has 0 aromatic heterocycles. The predicted molar refractivity (Wildman–Crippen MR) is 114 cm³/mol. The third-order valence-electron chi connectivity index (χ3n) is 4.61. The van der Waals surface area contributed by atoms with Gasteiger partial charge in [0.1, 0.15) is 0 Å². The molecule has 1 aliphatic rings. The minimum atomic E-state index is -0.382. The van der Waals surface area contributed by atoms with Gasteiger partial charge in [0, 0.05) is 4.90 Å². The van der Waals surface area contributed by atoms with Crippen LogP contribution < -0.4 is 20.9 Å². The fraction of sp³-hybridized carbons (Fsp3) is 0.300. The van der Waals surface area contributed by atoms with Crippen LogP contribution in [0.25, 0.3) is 0 Å². The van der Waals surface area contributed by atoms with Gasteiger partial charge in [0.2, 0.25) is 5.91 Å². The third kappa shape index (κ3) is 5.64. The normalized spacial score (nSPS) is 14.7. The van der Waals surface area contributed by atoms with Gasteiger partial charge in [-0.1, -0.05) is 35.9 Å². The van der Waals surface area contributed by atoms with Crippen LogP contribution >= 0.6 is 23.4 Å². The van der Waals surface area contributed by atoms with E-state index in [1.807, 2.05) is 48.5 Å². The van der Waals surface area contributed by atoms with E-state index in [0.717, 1.165) is 41.8 Å². The summed E-state index contributed by atoms with van der Waals surface area (Å²) < 4.78 is 0. The Balaban J connectivity index is 1.51. The van der Waals surface area contributed by atoms with Gasteiger partial charge in [0.05, 0.1) is 48.3 Å². The number of nitrogens with zero attached hydrogens (tertiary/aromatic N) is 1. The molecule has 3 rings (SSSR count). The van der Waals surface area contributed by atoms with Crippen LogP contribution in [0.3, 0.4) is 0 Å². The molecule has 0 saturated carbocycles. The standard InChI is InChI=1S/C20H23ClN4O2S/c21-15-5-1-3-7-17(15)25-11-9-24(10-12-25)13-20(27)23-16-6-2-4-8-18(16)28-14-19(22)26/h1-8H,9-14H2,(H2,22,26)(H,23,27)/p+1. The molecule has 0 radical (unpaired) electrons. The van der Waals surface area contributed by atoms with Gasteiger partial charge in [-0.25, -0.2) is 0 Å². The SMILES string of the molecule is NC(=O)CSc1ccccc1NC(=O)C[NH+]1CCN(c2ccccc2Cl)CC1. The first-order valence-electron chi connectivity index (χ1n) is 9.16. The molecule has 1 fully saturated rings. The number of nitrogens with one attached hydrogen (secondary N) is 2. The summed E-state index contributed by atoms with van der Waals surface area (Å²) in [4.78, 5) is 27.9. The van der Waals surface area contributed by atoms with Crippen LogP contribution in [-0.2, 0) is 9.59 Å². The van der Waals surface area contributed by atoms with Crippen LogP contribution in [0.1, 0.15) is 0 Å². The van der Waals surface area contributed by atoms with E-state index in [1.54, 1.807) is 0 Å². The van der Waals surface area contributed by atoms with Gasteiger partial charge in [-0.15, -0.1) is 11.8 Å². The summed E-state index contributed by atoms with van der Waals surface area (Å²) >= 11 is 7.61. The molecule has 2 amide bonds. The number of halogens is 1. The van der Waals surface area contributed by atoms with E-state index in [0.29, 0.717) is 12.2 Å². The molecular weight excluding hydrogens is 396 g/mol. The second-order valence-electron chi connectivity index (χ2n) is 6.66. The van der Waals surface area contributed by atoms with Gasteiger partial charge < -0.3 is 20.9 Å². The van der Waals surface area contributed by atoms with E-state index in [-0.39, 0.29) is 17.6 Å². The zero-order chi connectivity index (χ0) is 19.9. The Labute approximate surface area is 174 Å². The highest BCUT2D eigenvalue weighted by Crippen LogP contribution is 2.27. The van der Waals surface area contributed by atoms with E-state index in [4.69, 9.17) is 17.3 Å². The number of nitrogens with two attached hydrogens (primary N) is 1. The molecule has 4 N–H and O–H groups in total. The van der Waals surface area contributed by atoms with Crippen molar-refractivity contribution in [3.8, 4) is 0 Å². The lowest BCUT2D eigenvalue weighted by atomic mass is 10.2. The number of hydrogen-bond acceptors (Lipinski definition) is 4. The lowest BCUT2D eigenvalue weighted by Crippen LogP contribution is -3.15. The Kier molecular flexibility index (Phi) is 7.19. The number of carbonyl (C=O) groups is 2. The molecule has 28 heavy (non-hydrogen) atoms. The molecule has 6 nitrogen and oxygen atoms in total. The van der Waals surface area contributed by atoms with Crippen molar-refractivity contribution < 1.29 is 14.5 Å². The topological polar surface area (TPSA) is 79.9 Å². The summed E-state index contributed by atoms with van der Waals surface area (Å²) in [7, 11) is 0. The van der Waals surface area contributed by atoms with Crippen LogP contribution in [-0.4, -0.2) is 50.3 Å². The molecule has 0 unspecified atom stereocenters. The molecule has 2 aromatic carbocycles. The van der Waals surface area contributed by atoms with Gasteiger partial charge in [-0.2, -0.15) is 0 Å². The molecule has 2 aromatic rings. The smallest absolute Gasteiger partial charge is 0.279 e. The van der Waals surface area contributed by atoms with Crippen molar-refractivity contribution in [3.05, 3.63) is 53.6 Å². The second-order valence-corrected chi connectivity index (χ2v) is 8.09. The zero-order valence-electron chi connectivity index (χ0n) is 15.5. The first-order valence-corrected chi connectivity index (χ1v) is 10.5. The number of amides is 2. The predicted octanol–water partition coefficient (Wildman–Crippen LogP) is 1.26. The van der Waals surface area contributed by atoms with Crippen molar-refractivity contribution in [1.82, 2.24) is 0 Å². The van der Waals surface area contributed by atoms with E-state index >= 15 is 0 Å². The number of benzene rings is 2. The average molecular weight is 420 g/mol. The number of thioether (sulfide) groups is 1. The maximum Gasteiger partial charge on any atom is 0.279 e. The second kappa shape index (κ2) is 9.82. The molecule has 1 heterocycles. The molecule has 0 atom stereocenters. The van der Waals surface area contributed by atoms with E-state index in [9.17, 15) is 9.59 Å². The number of anilines is 2. The van der Waals surface area contributed by atoms with Crippen LogP contribution in [0.5, 0.6) is 0 Å². The molecule has 148 valence electrons. The van der Waals surface area contributed by atoms with Crippen molar-refractivity contribution >= 4 is 46.6 Å². The van der Waals surface area contributed by atoms with E-state index in [1.165, 1.54) is 16.7 Å². The maximum absolute atomic E-state index is 12.5. The number of primary amides is 1. The summed E-state index contributed by atoms with van der Waals surface area (Å²) in [6.07, 6.45) is 0. The van der Waals surface area contributed by atoms with Crippen LogP contribution in [0.15, 0.2) is 53.4 Å². The highest BCUT2D eigenvalue weighted by Gasteiger charge is 2.23. The number of para-hydroxylation sites is 2. The summed E-state index contributed by atoms with van der Waals surface area (Å²) in [6.45, 7) is 3.87. The van der Waals surface area contributed by atoms with Crippen molar-refractivity contribution in [3.63, 3.8) is 0 Å². The molecular formula is C20H24ClN4O2S+. The van der Waals surface area contributed by atoms with Crippen molar-refractivity contribution in [2.24, 2.45) is 5.73 Å². The quantitative estimate of drug-likeness (QED) is 0.590. The van der Waals surface area contributed by atoms with Crippen molar-refractivity contribution in [1.29, 1.82) is 0 Å². The number of quaternary nitrogens is 1. The van der Waals surface area contributed by atoms with Gasteiger partial charge in [0.15, 0.2) is 6.54 Å². The number of hydrogen-bond donors (Lipinski definition) is 3. The fourth-order valence-electron chi connectivity index (χ4n) is 3.21. The molecule has 0 bridgehead atoms. The Morgan fingerprint density at radius 3 is 2.50 bits per heavy atom. The van der Waals surface area contributed by atoms with Crippen LogP contribution in [0, 0.1) is 0 Å². The molecule has 0 spiro atoms. The Morgan fingerprint density at radius 1 is 1.11 bits per heavy atom. The van der Waals surface area contributed by atoms with Gasteiger partial charge in [0.25, 0.3) is 5.91 Å². The monoisotopic (exact) mass is 419 g/mol. The fourth-order valence-corrected chi connectivity index (χ4v) is 4.22. The Morgan fingerprint density at radius 2 is 1.79 bits per heavy atom. The van der Waals surface area contributed by atoms with Gasteiger partial charge in [-0.05, 0) is 24.3 Å². The number of rotatable bonds is 7. The summed E-state index contributed by atoms with van der Waals surface area (Å²) in [5.74, 6) is -0.234. The van der Waals surface area contributed by atoms with Gasteiger partial charge in [-0.3, -0.25) is 9.59 Å². The molecule has 8 heteroatoms. The highest BCUT2D eigenvalue weighted by atomic mass is 35.5. The minimum Gasteiger partial charge on any atom is -0.369 e. The molecule has 1 aliphatic heterocycles. The largest absolute Gasteiger partial charge is 0.369 e. The van der Waals surface area contributed by atoms with E-state index < -0.39 is 0 Å².